The Bertz CT molecular complexity index is 441. The normalized spacial score (nSPS) is 17.0. The molecule has 1 amide bonds. The molecule has 0 bridgehead atoms. The molecule has 3 heteroatoms. The van der Waals surface area contributed by atoms with Crippen molar-refractivity contribution >= 4 is 5.91 Å². The number of carbonyl (C=O) groups is 1. The predicted octanol–water partition coefficient (Wildman–Crippen LogP) is 3.30. The Morgan fingerprint density at radius 2 is 1.95 bits per heavy atom. The van der Waals surface area contributed by atoms with E-state index < -0.39 is 0 Å². The summed E-state index contributed by atoms with van der Waals surface area (Å²) in [6.07, 6.45) is 5.08. The SMILES string of the molecule is CCCNC(CN1CCCCC1=O)c1ccc(CC)cc1. The lowest BCUT2D eigenvalue weighted by atomic mass is 10.0. The zero-order valence-corrected chi connectivity index (χ0v) is 13.4. The average molecular weight is 288 g/mol. The van der Waals surface area contributed by atoms with Crippen LogP contribution in [0.2, 0.25) is 0 Å². The van der Waals surface area contributed by atoms with E-state index in [2.05, 4.69) is 43.4 Å². The van der Waals surface area contributed by atoms with E-state index in [-0.39, 0.29) is 6.04 Å². The number of rotatable bonds is 7. The van der Waals surface area contributed by atoms with Crippen LogP contribution in [0.15, 0.2) is 24.3 Å². The summed E-state index contributed by atoms with van der Waals surface area (Å²) in [5, 5.41) is 3.60. The van der Waals surface area contributed by atoms with Crippen molar-refractivity contribution in [2.24, 2.45) is 0 Å². The van der Waals surface area contributed by atoms with E-state index in [1.165, 1.54) is 11.1 Å². The molecule has 1 aromatic rings. The zero-order chi connectivity index (χ0) is 15.1. The van der Waals surface area contributed by atoms with Crippen molar-refractivity contribution in [1.29, 1.82) is 0 Å². The zero-order valence-electron chi connectivity index (χ0n) is 13.4. The molecule has 1 fully saturated rings. The Morgan fingerprint density at radius 3 is 2.57 bits per heavy atom. The van der Waals surface area contributed by atoms with Crippen LogP contribution in [0.1, 0.15) is 56.7 Å². The van der Waals surface area contributed by atoms with E-state index in [9.17, 15) is 4.79 Å². The molecule has 0 radical (unpaired) electrons. The summed E-state index contributed by atoms with van der Waals surface area (Å²) in [4.78, 5) is 14.1. The standard InChI is InChI=1S/C18H28N2O/c1-3-12-19-17(14-20-13-6-5-7-18(20)21)16-10-8-15(4-2)9-11-16/h8-11,17,19H,3-7,12-14H2,1-2H3. The molecule has 0 spiro atoms. The molecule has 1 saturated heterocycles. The maximum atomic E-state index is 12.0. The quantitative estimate of drug-likeness (QED) is 0.835. The third-order valence-electron chi connectivity index (χ3n) is 4.26. The molecular formula is C18H28N2O. The third kappa shape index (κ3) is 4.57. The van der Waals surface area contributed by atoms with E-state index in [0.29, 0.717) is 5.91 Å². The molecule has 0 aliphatic carbocycles. The first-order valence-electron chi connectivity index (χ1n) is 8.34. The summed E-state index contributed by atoms with van der Waals surface area (Å²) in [6, 6.07) is 9.07. The van der Waals surface area contributed by atoms with Gasteiger partial charge in [0, 0.05) is 25.6 Å². The molecule has 1 aliphatic heterocycles. The van der Waals surface area contributed by atoms with Crippen LogP contribution >= 0.6 is 0 Å². The number of aryl methyl sites for hydroxylation is 1. The number of hydrogen-bond donors (Lipinski definition) is 1. The Labute approximate surface area is 128 Å². The second kappa shape index (κ2) is 8.18. The molecule has 2 rings (SSSR count). The molecular weight excluding hydrogens is 260 g/mol. The van der Waals surface area contributed by atoms with Crippen LogP contribution in [-0.4, -0.2) is 30.4 Å². The Kier molecular flexibility index (Phi) is 6.24. The fourth-order valence-electron chi connectivity index (χ4n) is 2.87. The lowest BCUT2D eigenvalue weighted by Gasteiger charge is -2.31. The van der Waals surface area contributed by atoms with Crippen molar-refractivity contribution in [2.75, 3.05) is 19.6 Å². The van der Waals surface area contributed by atoms with Gasteiger partial charge >= 0.3 is 0 Å². The fraction of sp³-hybridized carbons (Fsp3) is 0.611. The molecule has 21 heavy (non-hydrogen) atoms. The minimum absolute atomic E-state index is 0.248. The molecule has 1 aromatic carbocycles. The van der Waals surface area contributed by atoms with Gasteiger partial charge in [0.2, 0.25) is 5.91 Å². The monoisotopic (exact) mass is 288 g/mol. The van der Waals surface area contributed by atoms with E-state index in [1.807, 2.05) is 4.90 Å². The molecule has 3 nitrogen and oxygen atoms in total. The van der Waals surface area contributed by atoms with Crippen LogP contribution in [0, 0.1) is 0 Å². The summed E-state index contributed by atoms with van der Waals surface area (Å²) in [5.41, 5.74) is 2.65. The van der Waals surface area contributed by atoms with E-state index >= 15 is 0 Å². The van der Waals surface area contributed by atoms with Crippen molar-refractivity contribution in [3.8, 4) is 0 Å². The predicted molar refractivity (Wildman–Crippen MR) is 87.3 cm³/mol. The molecule has 0 saturated carbocycles. The highest BCUT2D eigenvalue weighted by molar-refractivity contribution is 5.76. The summed E-state index contributed by atoms with van der Waals surface area (Å²) >= 11 is 0. The summed E-state index contributed by atoms with van der Waals surface area (Å²) in [6.45, 7) is 7.05. The Morgan fingerprint density at radius 1 is 1.19 bits per heavy atom. The van der Waals surface area contributed by atoms with Gasteiger partial charge in [-0.25, -0.2) is 0 Å². The van der Waals surface area contributed by atoms with Crippen LogP contribution in [0.3, 0.4) is 0 Å². The maximum Gasteiger partial charge on any atom is 0.222 e. The lowest BCUT2D eigenvalue weighted by molar-refractivity contribution is -0.133. The highest BCUT2D eigenvalue weighted by Gasteiger charge is 2.22. The number of likely N-dealkylation sites (tertiary alicyclic amines) is 1. The first kappa shape index (κ1) is 16.0. The van der Waals surface area contributed by atoms with E-state index in [0.717, 1.165) is 51.7 Å². The van der Waals surface area contributed by atoms with Gasteiger partial charge < -0.3 is 10.2 Å². The Hall–Kier alpha value is -1.35. The third-order valence-corrected chi connectivity index (χ3v) is 4.26. The summed E-state index contributed by atoms with van der Waals surface area (Å²) in [7, 11) is 0. The number of nitrogens with zero attached hydrogens (tertiary/aromatic N) is 1. The molecule has 1 unspecified atom stereocenters. The smallest absolute Gasteiger partial charge is 0.222 e. The highest BCUT2D eigenvalue weighted by atomic mass is 16.2. The number of carbonyl (C=O) groups excluding carboxylic acids is 1. The summed E-state index contributed by atoms with van der Waals surface area (Å²) < 4.78 is 0. The van der Waals surface area contributed by atoms with Crippen molar-refractivity contribution in [3.63, 3.8) is 0 Å². The van der Waals surface area contributed by atoms with Crippen LogP contribution in [-0.2, 0) is 11.2 Å². The van der Waals surface area contributed by atoms with Crippen molar-refractivity contribution < 1.29 is 4.79 Å². The number of amides is 1. The maximum absolute atomic E-state index is 12.0. The molecule has 0 aromatic heterocycles. The van der Waals surface area contributed by atoms with Gasteiger partial charge in [-0.2, -0.15) is 0 Å². The van der Waals surface area contributed by atoms with Crippen molar-refractivity contribution in [1.82, 2.24) is 10.2 Å². The second-order valence-corrected chi connectivity index (χ2v) is 5.90. The number of benzene rings is 1. The topological polar surface area (TPSA) is 32.3 Å². The van der Waals surface area contributed by atoms with Gasteiger partial charge in [0.25, 0.3) is 0 Å². The van der Waals surface area contributed by atoms with E-state index in [4.69, 9.17) is 0 Å². The number of piperidine rings is 1. The minimum Gasteiger partial charge on any atom is -0.341 e. The molecule has 1 heterocycles. The number of hydrogen-bond acceptors (Lipinski definition) is 2. The van der Waals surface area contributed by atoms with Gasteiger partial charge in [-0.05, 0) is 43.4 Å². The highest BCUT2D eigenvalue weighted by Crippen LogP contribution is 2.19. The van der Waals surface area contributed by atoms with Crippen LogP contribution in [0.25, 0.3) is 0 Å². The van der Waals surface area contributed by atoms with Crippen LogP contribution < -0.4 is 5.32 Å². The van der Waals surface area contributed by atoms with Crippen molar-refractivity contribution in [3.05, 3.63) is 35.4 Å². The van der Waals surface area contributed by atoms with Gasteiger partial charge in [-0.15, -0.1) is 0 Å². The molecule has 116 valence electrons. The first-order valence-corrected chi connectivity index (χ1v) is 8.34. The van der Waals surface area contributed by atoms with Crippen LogP contribution in [0.5, 0.6) is 0 Å². The lowest BCUT2D eigenvalue weighted by Crippen LogP contribution is -2.41. The average Bonchev–Trinajstić information content (AvgIpc) is 2.53. The first-order chi connectivity index (χ1) is 10.2. The fourth-order valence-corrected chi connectivity index (χ4v) is 2.87. The van der Waals surface area contributed by atoms with E-state index in [1.54, 1.807) is 0 Å². The minimum atomic E-state index is 0.248. The van der Waals surface area contributed by atoms with Crippen molar-refractivity contribution in [2.45, 2.75) is 52.0 Å². The summed E-state index contributed by atoms with van der Waals surface area (Å²) in [5.74, 6) is 0.315. The van der Waals surface area contributed by atoms with Gasteiger partial charge in [0.1, 0.15) is 0 Å². The van der Waals surface area contributed by atoms with Gasteiger partial charge in [-0.3, -0.25) is 4.79 Å². The van der Waals surface area contributed by atoms with Gasteiger partial charge in [0.15, 0.2) is 0 Å². The van der Waals surface area contributed by atoms with Gasteiger partial charge in [-0.1, -0.05) is 38.1 Å². The molecule has 1 atom stereocenters. The van der Waals surface area contributed by atoms with Crippen LogP contribution in [0.4, 0.5) is 0 Å². The molecule has 1 N–H and O–H groups in total. The second-order valence-electron chi connectivity index (χ2n) is 5.90. The largest absolute Gasteiger partial charge is 0.341 e. The van der Waals surface area contributed by atoms with Gasteiger partial charge in [0.05, 0.1) is 0 Å². The molecule has 1 aliphatic rings. The Balaban J connectivity index is 2.06. The number of nitrogens with one attached hydrogen (secondary N) is 1.